The molecular formula is C22H24N6O3. The monoisotopic (exact) mass is 420 g/mol. The largest absolute Gasteiger partial charge is 0.497 e. The summed E-state index contributed by atoms with van der Waals surface area (Å²) in [5.74, 6) is 1.42. The lowest BCUT2D eigenvalue weighted by Gasteiger charge is -2.29. The summed E-state index contributed by atoms with van der Waals surface area (Å²) in [6, 6.07) is 10.6. The van der Waals surface area contributed by atoms with Crippen LogP contribution < -0.4 is 20.1 Å². The van der Waals surface area contributed by atoms with Crippen LogP contribution in [0.4, 0.5) is 11.6 Å². The number of allylic oxidation sites excluding steroid dienone is 1. The highest BCUT2D eigenvalue weighted by Crippen LogP contribution is 2.40. The molecule has 9 heteroatoms. The minimum Gasteiger partial charge on any atom is -0.497 e. The molecular weight excluding hydrogens is 396 g/mol. The molecule has 2 heterocycles. The Bertz CT molecular complexity index is 1180. The molecule has 0 fully saturated rings. The number of ether oxygens (including phenoxy) is 2. The smallest absolute Gasteiger partial charge is 0.255 e. The second-order valence-corrected chi connectivity index (χ2v) is 7.32. The first-order valence-electron chi connectivity index (χ1n) is 9.79. The van der Waals surface area contributed by atoms with Crippen LogP contribution in [-0.4, -0.2) is 40.3 Å². The van der Waals surface area contributed by atoms with E-state index in [2.05, 4.69) is 26.2 Å². The molecule has 160 valence electrons. The fraction of sp³-hybridized carbons (Fsp3) is 0.273. The minimum absolute atomic E-state index is 0.255. The fourth-order valence-corrected chi connectivity index (χ4v) is 3.72. The van der Waals surface area contributed by atoms with E-state index in [1.807, 2.05) is 45.0 Å². The predicted molar refractivity (Wildman–Crippen MR) is 116 cm³/mol. The van der Waals surface area contributed by atoms with Gasteiger partial charge < -0.3 is 20.1 Å². The van der Waals surface area contributed by atoms with Gasteiger partial charge in [0.1, 0.15) is 17.5 Å². The highest BCUT2D eigenvalue weighted by atomic mass is 16.5. The number of amides is 1. The first-order valence-corrected chi connectivity index (χ1v) is 9.79. The van der Waals surface area contributed by atoms with Crippen LogP contribution in [-0.2, 0) is 4.79 Å². The summed E-state index contributed by atoms with van der Waals surface area (Å²) in [4.78, 5) is 13.5. The molecule has 4 rings (SSSR count). The molecule has 1 aliphatic rings. The van der Waals surface area contributed by atoms with Gasteiger partial charge in [0.05, 0.1) is 19.8 Å². The molecule has 31 heavy (non-hydrogen) atoms. The summed E-state index contributed by atoms with van der Waals surface area (Å²) in [6.45, 7) is 5.82. The van der Waals surface area contributed by atoms with Gasteiger partial charge in [0.25, 0.3) is 5.91 Å². The van der Waals surface area contributed by atoms with Crippen LogP contribution >= 0.6 is 0 Å². The van der Waals surface area contributed by atoms with Crippen LogP contribution in [0, 0.1) is 13.8 Å². The lowest BCUT2D eigenvalue weighted by atomic mass is 9.93. The molecule has 9 nitrogen and oxygen atoms in total. The first-order chi connectivity index (χ1) is 14.9. The lowest BCUT2D eigenvalue weighted by molar-refractivity contribution is -0.113. The fourth-order valence-electron chi connectivity index (χ4n) is 3.72. The van der Waals surface area contributed by atoms with Crippen molar-refractivity contribution in [1.29, 1.82) is 0 Å². The summed E-state index contributed by atoms with van der Waals surface area (Å²) in [5, 5.41) is 18.1. The summed E-state index contributed by atoms with van der Waals surface area (Å²) in [7, 11) is 3.17. The van der Waals surface area contributed by atoms with Crippen molar-refractivity contribution < 1.29 is 14.3 Å². The van der Waals surface area contributed by atoms with E-state index in [9.17, 15) is 4.79 Å². The van der Waals surface area contributed by atoms with Gasteiger partial charge in [0, 0.05) is 16.9 Å². The number of carbonyl (C=O) groups is 1. The van der Waals surface area contributed by atoms with E-state index in [0.717, 1.165) is 16.8 Å². The number of hydrogen-bond acceptors (Lipinski definition) is 7. The van der Waals surface area contributed by atoms with Crippen molar-refractivity contribution in [3.63, 3.8) is 0 Å². The molecule has 2 aromatic carbocycles. The Kier molecular flexibility index (Phi) is 5.33. The van der Waals surface area contributed by atoms with Crippen molar-refractivity contribution in [3.05, 3.63) is 64.4 Å². The maximum Gasteiger partial charge on any atom is 0.255 e. The normalized spacial score (nSPS) is 15.2. The van der Waals surface area contributed by atoms with Crippen LogP contribution in [0.1, 0.15) is 29.7 Å². The second-order valence-electron chi connectivity index (χ2n) is 7.32. The van der Waals surface area contributed by atoms with Gasteiger partial charge in [-0.25, -0.2) is 0 Å². The number of fused-ring (bicyclic) bond motifs is 1. The molecule has 3 aromatic rings. The van der Waals surface area contributed by atoms with E-state index in [0.29, 0.717) is 34.3 Å². The molecule has 1 amide bonds. The number of benzene rings is 2. The van der Waals surface area contributed by atoms with Gasteiger partial charge in [0.15, 0.2) is 0 Å². The second kappa shape index (κ2) is 8.10. The summed E-state index contributed by atoms with van der Waals surface area (Å²) in [6.07, 6.45) is 0. The van der Waals surface area contributed by atoms with Gasteiger partial charge >= 0.3 is 0 Å². The summed E-state index contributed by atoms with van der Waals surface area (Å²) >= 11 is 0. The third kappa shape index (κ3) is 3.58. The summed E-state index contributed by atoms with van der Waals surface area (Å²) < 4.78 is 12.6. The Balaban J connectivity index is 1.84. The standard InChI is InChI=1S/C22H24N6O3/c1-12-7-6-8-17(13(12)2)24-21(29)19-14(3)23-22-25-26-27-28(22)20(19)16-11-15(30-4)9-10-18(16)31-5/h6-11,20H,1-5H3,(H,24,29)(H,23,25,27). The molecule has 1 aromatic heterocycles. The number of aromatic nitrogens is 4. The van der Waals surface area contributed by atoms with E-state index < -0.39 is 6.04 Å². The molecule has 1 unspecified atom stereocenters. The van der Waals surface area contributed by atoms with Crippen molar-refractivity contribution in [2.75, 3.05) is 24.9 Å². The molecule has 0 radical (unpaired) electrons. The average molecular weight is 420 g/mol. The maximum absolute atomic E-state index is 13.5. The zero-order valence-electron chi connectivity index (χ0n) is 18.1. The Morgan fingerprint density at radius 1 is 1.13 bits per heavy atom. The minimum atomic E-state index is -0.610. The van der Waals surface area contributed by atoms with Gasteiger partial charge in [-0.2, -0.15) is 4.68 Å². The van der Waals surface area contributed by atoms with Crippen molar-refractivity contribution in [2.24, 2.45) is 0 Å². The van der Waals surface area contributed by atoms with Gasteiger partial charge in [0.2, 0.25) is 5.95 Å². The molecule has 2 N–H and O–H groups in total. The quantitative estimate of drug-likeness (QED) is 0.653. The van der Waals surface area contributed by atoms with Crippen LogP contribution in [0.2, 0.25) is 0 Å². The van der Waals surface area contributed by atoms with Gasteiger partial charge in [-0.1, -0.05) is 17.2 Å². The molecule has 0 spiro atoms. The number of tetrazole rings is 1. The van der Waals surface area contributed by atoms with Crippen molar-refractivity contribution in [1.82, 2.24) is 20.2 Å². The number of carbonyl (C=O) groups excluding carboxylic acids is 1. The molecule has 1 atom stereocenters. The van der Waals surface area contributed by atoms with Gasteiger partial charge in [-0.05, 0) is 66.6 Å². The Morgan fingerprint density at radius 2 is 1.94 bits per heavy atom. The Hall–Kier alpha value is -3.88. The third-order valence-electron chi connectivity index (χ3n) is 5.54. The van der Waals surface area contributed by atoms with Crippen LogP contribution in [0.5, 0.6) is 11.5 Å². The van der Waals surface area contributed by atoms with E-state index in [4.69, 9.17) is 9.47 Å². The van der Waals surface area contributed by atoms with Crippen molar-refractivity contribution >= 4 is 17.5 Å². The third-order valence-corrected chi connectivity index (χ3v) is 5.54. The van der Waals surface area contributed by atoms with E-state index in [-0.39, 0.29) is 5.91 Å². The van der Waals surface area contributed by atoms with E-state index in [1.165, 1.54) is 0 Å². The average Bonchev–Trinajstić information content (AvgIpc) is 3.23. The van der Waals surface area contributed by atoms with Crippen molar-refractivity contribution in [2.45, 2.75) is 26.8 Å². The number of anilines is 2. The molecule has 0 saturated carbocycles. The van der Waals surface area contributed by atoms with E-state index >= 15 is 0 Å². The van der Waals surface area contributed by atoms with Gasteiger partial charge in [-0.3, -0.25) is 4.79 Å². The maximum atomic E-state index is 13.5. The van der Waals surface area contributed by atoms with E-state index in [1.54, 1.807) is 31.0 Å². The molecule has 0 bridgehead atoms. The molecule has 1 aliphatic heterocycles. The highest BCUT2D eigenvalue weighted by Gasteiger charge is 2.36. The zero-order valence-corrected chi connectivity index (χ0v) is 18.1. The molecule has 0 saturated heterocycles. The number of hydrogen-bond donors (Lipinski definition) is 2. The number of rotatable bonds is 5. The molecule has 0 aliphatic carbocycles. The van der Waals surface area contributed by atoms with Crippen molar-refractivity contribution in [3.8, 4) is 11.5 Å². The van der Waals surface area contributed by atoms with Crippen LogP contribution in [0.15, 0.2) is 47.7 Å². The van der Waals surface area contributed by atoms with Crippen LogP contribution in [0.25, 0.3) is 0 Å². The number of methoxy groups -OCH3 is 2. The SMILES string of the molecule is COc1ccc(OC)c(C2C(C(=O)Nc3cccc(C)c3C)=C(C)Nc3nnnn32)c1. The lowest BCUT2D eigenvalue weighted by Crippen LogP contribution is -2.32. The zero-order chi connectivity index (χ0) is 22.1. The van der Waals surface area contributed by atoms with Gasteiger partial charge in [-0.15, -0.1) is 0 Å². The topological polar surface area (TPSA) is 103 Å². The number of nitrogens with one attached hydrogen (secondary N) is 2. The number of nitrogens with zero attached hydrogens (tertiary/aromatic N) is 4. The van der Waals surface area contributed by atoms with Crippen LogP contribution in [0.3, 0.4) is 0 Å². The Labute approximate surface area is 180 Å². The summed E-state index contributed by atoms with van der Waals surface area (Å²) in [5.41, 5.74) is 4.70. The number of aryl methyl sites for hydroxylation is 1. The first kappa shape index (κ1) is 20.4. The predicted octanol–water partition coefficient (Wildman–Crippen LogP) is 3.23. The Morgan fingerprint density at radius 3 is 2.68 bits per heavy atom. The highest BCUT2D eigenvalue weighted by molar-refractivity contribution is 6.06.